The Morgan fingerprint density at radius 1 is 1.21 bits per heavy atom. The zero-order chi connectivity index (χ0) is 13.8. The van der Waals surface area contributed by atoms with Gasteiger partial charge in [-0.3, -0.25) is 0 Å². The molecule has 0 saturated heterocycles. The van der Waals surface area contributed by atoms with Crippen LogP contribution in [0, 0.1) is 17.1 Å². The van der Waals surface area contributed by atoms with E-state index >= 15 is 0 Å². The van der Waals surface area contributed by atoms with Gasteiger partial charge >= 0.3 is 0 Å². The molecule has 0 heterocycles. The number of hydrogen-bond acceptors (Lipinski definition) is 2. The zero-order valence-electron chi connectivity index (χ0n) is 10.4. The predicted molar refractivity (Wildman–Crippen MR) is 77.4 cm³/mol. The Bertz CT molecular complexity index is 617. The van der Waals surface area contributed by atoms with Gasteiger partial charge in [0.25, 0.3) is 0 Å². The Morgan fingerprint density at radius 3 is 2.53 bits per heavy atom. The first-order valence-corrected chi connectivity index (χ1v) is 6.54. The van der Waals surface area contributed by atoms with Crippen molar-refractivity contribution in [1.29, 1.82) is 5.26 Å². The number of rotatable bonds is 3. The van der Waals surface area contributed by atoms with Crippen LogP contribution in [0.1, 0.15) is 11.1 Å². The van der Waals surface area contributed by atoms with E-state index in [0.29, 0.717) is 12.1 Å². The second-order valence-corrected chi connectivity index (χ2v) is 5.17. The lowest BCUT2D eigenvalue weighted by molar-refractivity contribution is 0.627. The highest BCUT2D eigenvalue weighted by Crippen LogP contribution is 2.25. The molecule has 0 fully saturated rings. The molecule has 4 heteroatoms. The van der Waals surface area contributed by atoms with E-state index in [1.54, 1.807) is 18.2 Å². The fraction of sp³-hybridized carbons (Fsp3) is 0.133. The van der Waals surface area contributed by atoms with E-state index < -0.39 is 0 Å². The van der Waals surface area contributed by atoms with E-state index in [1.165, 1.54) is 12.1 Å². The SMILES string of the molecule is CN(Cc1ccc(F)cc1)c1cc(Br)ccc1C#N. The van der Waals surface area contributed by atoms with Gasteiger partial charge in [-0.15, -0.1) is 0 Å². The van der Waals surface area contributed by atoms with Gasteiger partial charge in [0.05, 0.1) is 11.3 Å². The lowest BCUT2D eigenvalue weighted by atomic mass is 10.1. The lowest BCUT2D eigenvalue weighted by Crippen LogP contribution is -2.17. The summed E-state index contributed by atoms with van der Waals surface area (Å²) in [6, 6.07) is 14.1. The second kappa shape index (κ2) is 5.85. The summed E-state index contributed by atoms with van der Waals surface area (Å²) in [4.78, 5) is 1.97. The van der Waals surface area contributed by atoms with Crippen molar-refractivity contribution in [2.24, 2.45) is 0 Å². The Morgan fingerprint density at radius 2 is 1.89 bits per heavy atom. The molecular formula is C15H12BrFN2. The van der Waals surface area contributed by atoms with Gasteiger partial charge in [0.2, 0.25) is 0 Å². The molecule has 0 saturated carbocycles. The maximum Gasteiger partial charge on any atom is 0.123 e. The standard InChI is InChI=1S/C15H12BrFN2/c1-19(10-11-2-6-14(17)7-3-11)15-8-13(16)5-4-12(15)9-18/h2-8H,10H2,1H3. The first-order valence-electron chi connectivity index (χ1n) is 5.75. The normalized spacial score (nSPS) is 10.0. The summed E-state index contributed by atoms with van der Waals surface area (Å²) in [7, 11) is 1.91. The molecule has 2 aromatic carbocycles. The fourth-order valence-electron chi connectivity index (χ4n) is 1.86. The molecule has 19 heavy (non-hydrogen) atoms. The highest BCUT2D eigenvalue weighted by Gasteiger charge is 2.08. The van der Waals surface area contributed by atoms with E-state index in [9.17, 15) is 4.39 Å². The highest BCUT2D eigenvalue weighted by atomic mass is 79.9. The van der Waals surface area contributed by atoms with Crippen LogP contribution < -0.4 is 4.90 Å². The van der Waals surface area contributed by atoms with E-state index in [1.807, 2.05) is 24.1 Å². The van der Waals surface area contributed by atoms with Crippen LogP contribution in [-0.2, 0) is 6.54 Å². The summed E-state index contributed by atoms with van der Waals surface area (Å²) in [5.41, 5.74) is 2.46. The van der Waals surface area contributed by atoms with Crippen molar-refractivity contribution in [3.63, 3.8) is 0 Å². The predicted octanol–water partition coefficient (Wildman–Crippen LogP) is 4.10. The Hall–Kier alpha value is -1.86. The van der Waals surface area contributed by atoms with E-state index in [0.717, 1.165) is 15.7 Å². The molecule has 2 aromatic rings. The number of halogens is 2. The summed E-state index contributed by atoms with van der Waals surface area (Å²) in [5, 5.41) is 9.12. The summed E-state index contributed by atoms with van der Waals surface area (Å²) in [5.74, 6) is -0.244. The van der Waals surface area contributed by atoms with Crippen LogP contribution in [0.2, 0.25) is 0 Å². The molecule has 0 N–H and O–H groups in total. The lowest BCUT2D eigenvalue weighted by Gasteiger charge is -2.21. The Balaban J connectivity index is 2.25. The third-order valence-electron chi connectivity index (χ3n) is 2.82. The average molecular weight is 319 g/mol. The van der Waals surface area contributed by atoms with Crippen molar-refractivity contribution in [3.8, 4) is 6.07 Å². The first-order chi connectivity index (χ1) is 9.10. The number of anilines is 1. The van der Waals surface area contributed by atoms with Crippen LogP contribution in [0.25, 0.3) is 0 Å². The highest BCUT2D eigenvalue weighted by molar-refractivity contribution is 9.10. The fourth-order valence-corrected chi connectivity index (χ4v) is 2.21. The average Bonchev–Trinajstić information content (AvgIpc) is 2.41. The number of benzene rings is 2. The van der Waals surface area contributed by atoms with E-state index in [2.05, 4.69) is 22.0 Å². The van der Waals surface area contributed by atoms with Crippen molar-refractivity contribution >= 4 is 21.6 Å². The van der Waals surface area contributed by atoms with Crippen molar-refractivity contribution in [3.05, 3.63) is 63.9 Å². The van der Waals surface area contributed by atoms with Crippen LogP contribution in [-0.4, -0.2) is 7.05 Å². The molecule has 2 rings (SSSR count). The van der Waals surface area contributed by atoms with Crippen molar-refractivity contribution in [1.82, 2.24) is 0 Å². The number of hydrogen-bond donors (Lipinski definition) is 0. The van der Waals surface area contributed by atoms with Gasteiger partial charge in [0.1, 0.15) is 11.9 Å². The van der Waals surface area contributed by atoms with Crippen molar-refractivity contribution in [2.75, 3.05) is 11.9 Å². The van der Waals surface area contributed by atoms with Crippen molar-refractivity contribution < 1.29 is 4.39 Å². The topological polar surface area (TPSA) is 27.0 Å². The van der Waals surface area contributed by atoms with Crippen LogP contribution in [0.3, 0.4) is 0 Å². The Labute approximate surface area is 120 Å². The van der Waals surface area contributed by atoms with Crippen LogP contribution >= 0.6 is 15.9 Å². The van der Waals surface area contributed by atoms with E-state index in [-0.39, 0.29) is 5.82 Å². The Kier molecular flexibility index (Phi) is 4.18. The molecule has 0 bridgehead atoms. The molecule has 0 atom stereocenters. The monoisotopic (exact) mass is 318 g/mol. The smallest absolute Gasteiger partial charge is 0.123 e. The molecule has 2 nitrogen and oxygen atoms in total. The molecule has 0 aliphatic carbocycles. The summed E-state index contributed by atoms with van der Waals surface area (Å²) in [6.45, 7) is 0.616. The zero-order valence-corrected chi connectivity index (χ0v) is 12.0. The van der Waals surface area contributed by atoms with Gasteiger partial charge in [0, 0.05) is 18.1 Å². The molecule has 0 radical (unpaired) electrons. The molecule has 96 valence electrons. The quantitative estimate of drug-likeness (QED) is 0.852. The minimum Gasteiger partial charge on any atom is -0.369 e. The van der Waals surface area contributed by atoms with Gasteiger partial charge in [-0.1, -0.05) is 28.1 Å². The van der Waals surface area contributed by atoms with Crippen LogP contribution in [0.15, 0.2) is 46.9 Å². The first kappa shape index (κ1) is 13.6. The molecule has 0 amide bonds. The molecule has 0 aromatic heterocycles. The number of nitrogens with zero attached hydrogens (tertiary/aromatic N) is 2. The van der Waals surface area contributed by atoms with Gasteiger partial charge in [-0.05, 0) is 35.9 Å². The van der Waals surface area contributed by atoms with Gasteiger partial charge in [-0.2, -0.15) is 5.26 Å². The van der Waals surface area contributed by atoms with Gasteiger partial charge in [-0.25, -0.2) is 4.39 Å². The summed E-state index contributed by atoms with van der Waals surface area (Å²) < 4.78 is 13.8. The molecule has 0 aliphatic heterocycles. The second-order valence-electron chi connectivity index (χ2n) is 4.26. The van der Waals surface area contributed by atoms with Crippen molar-refractivity contribution in [2.45, 2.75) is 6.54 Å². The van der Waals surface area contributed by atoms with Gasteiger partial charge < -0.3 is 4.90 Å². The third kappa shape index (κ3) is 3.33. The maximum absolute atomic E-state index is 12.9. The molecular weight excluding hydrogens is 307 g/mol. The van der Waals surface area contributed by atoms with Gasteiger partial charge in [0.15, 0.2) is 0 Å². The molecule has 0 spiro atoms. The maximum atomic E-state index is 12.9. The summed E-state index contributed by atoms with van der Waals surface area (Å²) in [6.07, 6.45) is 0. The summed E-state index contributed by atoms with van der Waals surface area (Å²) >= 11 is 3.40. The minimum absolute atomic E-state index is 0.244. The third-order valence-corrected chi connectivity index (χ3v) is 3.32. The van der Waals surface area contributed by atoms with Crippen LogP contribution in [0.4, 0.5) is 10.1 Å². The number of nitriles is 1. The molecule has 0 aliphatic rings. The van der Waals surface area contributed by atoms with Crippen LogP contribution in [0.5, 0.6) is 0 Å². The minimum atomic E-state index is -0.244. The molecule has 0 unspecified atom stereocenters. The van der Waals surface area contributed by atoms with E-state index in [4.69, 9.17) is 5.26 Å². The largest absolute Gasteiger partial charge is 0.369 e.